The summed E-state index contributed by atoms with van der Waals surface area (Å²) in [6.07, 6.45) is 0. The predicted molar refractivity (Wildman–Crippen MR) is 79.2 cm³/mol. The average molecular weight is 287 g/mol. The Balaban J connectivity index is 2.16. The molecule has 2 aromatic rings. The number of hydrogen-bond donors (Lipinski definition) is 3. The second-order valence-electron chi connectivity index (χ2n) is 4.45. The maximum absolute atomic E-state index is 12.1. The number of rotatable bonds is 5. The zero-order valence-corrected chi connectivity index (χ0v) is 11.7. The van der Waals surface area contributed by atoms with Crippen molar-refractivity contribution in [2.45, 2.75) is 6.92 Å². The molecule has 0 radical (unpaired) electrons. The zero-order valence-electron chi connectivity index (χ0n) is 11.7. The van der Waals surface area contributed by atoms with Crippen LogP contribution in [0.3, 0.4) is 0 Å². The van der Waals surface area contributed by atoms with Gasteiger partial charge in [0.25, 0.3) is 11.8 Å². The molecule has 0 spiro atoms. The molecule has 6 heteroatoms. The van der Waals surface area contributed by atoms with E-state index in [0.29, 0.717) is 30.1 Å². The van der Waals surface area contributed by atoms with Crippen LogP contribution in [0.15, 0.2) is 40.8 Å². The van der Waals surface area contributed by atoms with Crippen LogP contribution < -0.4 is 16.4 Å². The molecule has 0 saturated carbocycles. The molecule has 1 aromatic heterocycles. The van der Waals surface area contributed by atoms with Crippen molar-refractivity contribution < 1.29 is 14.0 Å². The number of carbonyl (C=O) groups excluding carboxylic acids is 2. The van der Waals surface area contributed by atoms with Crippen LogP contribution in [-0.4, -0.2) is 24.9 Å². The molecule has 6 nitrogen and oxygen atoms in total. The molecule has 0 unspecified atom stereocenters. The normalized spacial score (nSPS) is 10.2. The van der Waals surface area contributed by atoms with Gasteiger partial charge in [-0.2, -0.15) is 0 Å². The van der Waals surface area contributed by atoms with Gasteiger partial charge in [0.1, 0.15) is 5.76 Å². The van der Waals surface area contributed by atoms with Crippen LogP contribution >= 0.6 is 0 Å². The topological polar surface area (TPSA) is 97.4 Å². The largest absolute Gasteiger partial charge is 0.456 e. The van der Waals surface area contributed by atoms with Gasteiger partial charge in [-0.05, 0) is 31.2 Å². The summed E-state index contributed by atoms with van der Waals surface area (Å²) in [5.41, 5.74) is 6.15. The minimum atomic E-state index is -0.401. The average Bonchev–Trinajstić information content (AvgIpc) is 2.92. The first-order chi connectivity index (χ1) is 10.1. The van der Waals surface area contributed by atoms with E-state index in [4.69, 9.17) is 10.2 Å². The fourth-order valence-electron chi connectivity index (χ4n) is 1.81. The molecule has 110 valence electrons. The first-order valence-electron chi connectivity index (χ1n) is 6.57. The number of hydrogen-bond acceptors (Lipinski definition) is 4. The molecule has 0 atom stereocenters. The molecule has 0 bridgehead atoms. The van der Waals surface area contributed by atoms with Crippen molar-refractivity contribution in [3.05, 3.63) is 53.5 Å². The number of aryl methyl sites for hydroxylation is 1. The van der Waals surface area contributed by atoms with Crippen molar-refractivity contribution in [3.63, 3.8) is 0 Å². The van der Waals surface area contributed by atoms with Gasteiger partial charge in [-0.3, -0.25) is 9.59 Å². The van der Waals surface area contributed by atoms with Crippen LogP contribution in [0.5, 0.6) is 0 Å². The van der Waals surface area contributed by atoms with Crippen LogP contribution in [0.25, 0.3) is 0 Å². The molecule has 0 fully saturated rings. The summed E-state index contributed by atoms with van der Waals surface area (Å²) in [5, 5.41) is 5.34. The molecule has 0 aliphatic carbocycles. The van der Waals surface area contributed by atoms with Crippen LogP contribution in [0.2, 0.25) is 0 Å². The predicted octanol–water partition coefficient (Wildman–Crippen LogP) is 1.53. The number of benzene rings is 1. The van der Waals surface area contributed by atoms with E-state index >= 15 is 0 Å². The maximum Gasteiger partial charge on any atom is 0.291 e. The van der Waals surface area contributed by atoms with Crippen LogP contribution in [0.4, 0.5) is 5.69 Å². The monoisotopic (exact) mass is 287 g/mol. The van der Waals surface area contributed by atoms with Crippen molar-refractivity contribution in [3.8, 4) is 0 Å². The molecule has 4 N–H and O–H groups in total. The molecule has 2 rings (SSSR count). The van der Waals surface area contributed by atoms with Gasteiger partial charge in [-0.15, -0.1) is 0 Å². The van der Waals surface area contributed by atoms with Crippen LogP contribution in [0.1, 0.15) is 26.7 Å². The Hall–Kier alpha value is -2.60. The number of nitrogens with two attached hydrogens (primary N) is 1. The lowest BCUT2D eigenvalue weighted by atomic mass is 10.1. The summed E-state index contributed by atoms with van der Waals surface area (Å²) in [4.78, 5) is 24.1. The SMILES string of the molecule is Cc1ccc(C(=O)Nc2ccccc2C(=O)NCCN)o1. The van der Waals surface area contributed by atoms with E-state index in [1.165, 1.54) is 0 Å². The highest BCUT2D eigenvalue weighted by Gasteiger charge is 2.15. The number of furan rings is 1. The number of carbonyl (C=O) groups is 2. The summed E-state index contributed by atoms with van der Waals surface area (Å²) in [5.74, 6) is 0.160. The van der Waals surface area contributed by atoms with Crippen molar-refractivity contribution in [1.29, 1.82) is 0 Å². The van der Waals surface area contributed by atoms with E-state index in [2.05, 4.69) is 10.6 Å². The van der Waals surface area contributed by atoms with Crippen LogP contribution in [-0.2, 0) is 0 Å². The van der Waals surface area contributed by atoms with E-state index in [9.17, 15) is 9.59 Å². The molecule has 0 aliphatic heterocycles. The highest BCUT2D eigenvalue weighted by Crippen LogP contribution is 2.17. The Kier molecular flexibility index (Phi) is 4.73. The van der Waals surface area contributed by atoms with Crippen molar-refractivity contribution in [1.82, 2.24) is 5.32 Å². The standard InChI is InChI=1S/C15H17N3O3/c1-10-6-7-13(21-10)15(20)18-12-5-3-2-4-11(12)14(19)17-9-8-16/h2-7H,8-9,16H2,1H3,(H,17,19)(H,18,20). The van der Waals surface area contributed by atoms with Gasteiger partial charge in [-0.1, -0.05) is 12.1 Å². The summed E-state index contributed by atoms with van der Waals surface area (Å²) >= 11 is 0. The fraction of sp³-hybridized carbons (Fsp3) is 0.200. The number of nitrogens with one attached hydrogen (secondary N) is 2. The van der Waals surface area contributed by atoms with Gasteiger partial charge in [0.15, 0.2) is 5.76 Å². The second-order valence-corrected chi connectivity index (χ2v) is 4.45. The van der Waals surface area contributed by atoms with E-state index in [-0.39, 0.29) is 11.7 Å². The van der Waals surface area contributed by atoms with E-state index in [0.717, 1.165) is 0 Å². The molecule has 21 heavy (non-hydrogen) atoms. The van der Waals surface area contributed by atoms with E-state index in [1.54, 1.807) is 43.3 Å². The van der Waals surface area contributed by atoms with Gasteiger partial charge >= 0.3 is 0 Å². The Morgan fingerprint density at radius 2 is 1.90 bits per heavy atom. The summed E-state index contributed by atoms with van der Waals surface area (Å²) in [6, 6.07) is 10.0. The third-order valence-corrected chi connectivity index (χ3v) is 2.81. The molecule has 0 saturated heterocycles. The molecule has 0 aliphatic rings. The van der Waals surface area contributed by atoms with Gasteiger partial charge in [0, 0.05) is 13.1 Å². The van der Waals surface area contributed by atoms with E-state index < -0.39 is 5.91 Å². The Bertz CT molecular complexity index is 649. The van der Waals surface area contributed by atoms with Gasteiger partial charge in [-0.25, -0.2) is 0 Å². The smallest absolute Gasteiger partial charge is 0.291 e. The fourth-order valence-corrected chi connectivity index (χ4v) is 1.81. The molecular formula is C15H17N3O3. The lowest BCUT2D eigenvalue weighted by Crippen LogP contribution is -2.29. The summed E-state index contributed by atoms with van der Waals surface area (Å²) < 4.78 is 5.25. The highest BCUT2D eigenvalue weighted by atomic mass is 16.3. The highest BCUT2D eigenvalue weighted by molar-refractivity contribution is 6.07. The lowest BCUT2D eigenvalue weighted by molar-refractivity contribution is 0.0955. The van der Waals surface area contributed by atoms with Crippen LogP contribution in [0, 0.1) is 6.92 Å². The molecular weight excluding hydrogens is 270 g/mol. The minimum absolute atomic E-state index is 0.199. The Morgan fingerprint density at radius 1 is 1.14 bits per heavy atom. The summed E-state index contributed by atoms with van der Waals surface area (Å²) in [7, 11) is 0. The van der Waals surface area contributed by atoms with Crippen molar-refractivity contribution >= 4 is 17.5 Å². The third-order valence-electron chi connectivity index (χ3n) is 2.81. The maximum atomic E-state index is 12.1. The molecule has 1 aromatic carbocycles. The van der Waals surface area contributed by atoms with Gasteiger partial charge in [0.05, 0.1) is 11.3 Å². The minimum Gasteiger partial charge on any atom is -0.456 e. The Morgan fingerprint density at radius 3 is 2.57 bits per heavy atom. The van der Waals surface area contributed by atoms with Crippen molar-refractivity contribution in [2.75, 3.05) is 18.4 Å². The second kappa shape index (κ2) is 6.71. The number of para-hydroxylation sites is 1. The van der Waals surface area contributed by atoms with Gasteiger partial charge in [0.2, 0.25) is 0 Å². The lowest BCUT2D eigenvalue weighted by Gasteiger charge is -2.10. The first-order valence-corrected chi connectivity index (χ1v) is 6.57. The van der Waals surface area contributed by atoms with Crippen molar-refractivity contribution in [2.24, 2.45) is 5.73 Å². The molecule has 1 heterocycles. The zero-order chi connectivity index (χ0) is 15.2. The summed E-state index contributed by atoms with van der Waals surface area (Å²) in [6.45, 7) is 2.48. The van der Waals surface area contributed by atoms with Gasteiger partial charge < -0.3 is 20.8 Å². The third kappa shape index (κ3) is 3.70. The first kappa shape index (κ1) is 14.8. The number of amides is 2. The number of anilines is 1. The van der Waals surface area contributed by atoms with E-state index in [1.807, 2.05) is 0 Å². The Labute approximate surface area is 122 Å². The quantitative estimate of drug-likeness (QED) is 0.776. The molecule has 2 amide bonds.